The van der Waals surface area contributed by atoms with Crippen LogP contribution < -0.4 is 0 Å². The normalized spacial score (nSPS) is 11.1. The predicted molar refractivity (Wildman–Crippen MR) is 230 cm³/mol. The molecule has 8 aromatic carbocycles. The molecular weight excluding hydrogens is 697 g/mol. The summed E-state index contributed by atoms with van der Waals surface area (Å²) in [6, 6.07) is 68.1. The Labute approximate surface area is 329 Å². The summed E-state index contributed by atoms with van der Waals surface area (Å²) in [7, 11) is 0. The molecule has 0 aliphatic heterocycles. The van der Waals surface area contributed by atoms with E-state index in [0.29, 0.717) is 28.6 Å². The van der Waals surface area contributed by atoms with E-state index in [1.54, 1.807) is 0 Å². The highest BCUT2D eigenvalue weighted by Crippen LogP contribution is 2.46. The van der Waals surface area contributed by atoms with Crippen molar-refractivity contribution < 1.29 is 4.42 Å². The molecule has 10 rings (SSSR count). The molecule has 0 saturated heterocycles. The summed E-state index contributed by atoms with van der Waals surface area (Å²) in [5.41, 5.74) is 12.9. The molecule has 2 heterocycles. The maximum atomic E-state index is 9.66. The summed E-state index contributed by atoms with van der Waals surface area (Å²) in [6.07, 6.45) is 0. The maximum Gasteiger partial charge on any atom is 0.167 e. The van der Waals surface area contributed by atoms with Crippen LogP contribution in [0, 0.1) is 11.3 Å². The lowest BCUT2D eigenvalue weighted by Gasteiger charge is -2.12. The average Bonchev–Trinajstić information content (AvgIpc) is 3.69. The lowest BCUT2D eigenvalue weighted by Crippen LogP contribution is -2.00. The second kappa shape index (κ2) is 14.4. The van der Waals surface area contributed by atoms with Crippen LogP contribution in [0.15, 0.2) is 199 Å². The smallest absolute Gasteiger partial charge is 0.167 e. The van der Waals surface area contributed by atoms with Crippen molar-refractivity contribution in [3.63, 3.8) is 0 Å². The summed E-state index contributed by atoms with van der Waals surface area (Å²) in [4.78, 5) is 15.2. The van der Waals surface area contributed by atoms with Crippen LogP contribution in [0.1, 0.15) is 5.56 Å². The van der Waals surface area contributed by atoms with Gasteiger partial charge in [-0.05, 0) is 75.3 Å². The minimum atomic E-state index is 0.518. The van der Waals surface area contributed by atoms with Gasteiger partial charge in [0.15, 0.2) is 17.5 Å². The number of furan rings is 1. The molecule has 57 heavy (non-hydrogen) atoms. The van der Waals surface area contributed by atoms with Gasteiger partial charge in [-0.3, -0.25) is 0 Å². The van der Waals surface area contributed by atoms with Gasteiger partial charge < -0.3 is 4.42 Å². The van der Waals surface area contributed by atoms with E-state index in [9.17, 15) is 5.26 Å². The van der Waals surface area contributed by atoms with Gasteiger partial charge in [0.25, 0.3) is 0 Å². The van der Waals surface area contributed by atoms with Gasteiger partial charge in [0.1, 0.15) is 11.2 Å². The molecule has 266 valence electrons. The van der Waals surface area contributed by atoms with Crippen LogP contribution in [0.4, 0.5) is 0 Å². The Morgan fingerprint density at radius 3 is 1.49 bits per heavy atom. The molecule has 2 aromatic heterocycles. The van der Waals surface area contributed by atoms with E-state index in [2.05, 4.69) is 103 Å². The van der Waals surface area contributed by atoms with Crippen LogP contribution in [-0.2, 0) is 0 Å². The van der Waals surface area contributed by atoms with Gasteiger partial charge in [-0.1, -0.05) is 158 Å². The third-order valence-electron chi connectivity index (χ3n) is 10.4. The highest BCUT2D eigenvalue weighted by Gasteiger charge is 2.23. The summed E-state index contributed by atoms with van der Waals surface area (Å²) >= 11 is 0. The minimum absolute atomic E-state index is 0.518. The third kappa shape index (κ3) is 6.32. The van der Waals surface area contributed by atoms with Crippen molar-refractivity contribution in [1.29, 1.82) is 5.26 Å². The average molecular weight is 729 g/mol. The van der Waals surface area contributed by atoms with Crippen LogP contribution in [0.5, 0.6) is 0 Å². The molecule has 0 saturated carbocycles. The Morgan fingerprint density at radius 1 is 0.351 bits per heavy atom. The molecule has 0 amide bonds. The van der Waals surface area contributed by atoms with Crippen LogP contribution in [-0.4, -0.2) is 15.0 Å². The van der Waals surface area contributed by atoms with Crippen LogP contribution in [0.3, 0.4) is 0 Å². The molecule has 0 unspecified atom stereocenters. The maximum absolute atomic E-state index is 9.66. The zero-order valence-corrected chi connectivity index (χ0v) is 30.7. The quantitative estimate of drug-likeness (QED) is 0.163. The first-order valence-electron chi connectivity index (χ1n) is 18.8. The number of aromatic nitrogens is 3. The SMILES string of the molecule is N#Cc1cccc(-c2cccc(-c3ccc(-c4nc(-c5ccccc5)nc(-c5ccccc5)n4)c4oc5c(-c6ccccc6)cc(-c6ccccc6)cc5c34)c2)c1. The van der Waals surface area contributed by atoms with E-state index in [1.807, 2.05) is 97.1 Å². The summed E-state index contributed by atoms with van der Waals surface area (Å²) in [5, 5.41) is 11.6. The number of nitrogens with zero attached hydrogens (tertiary/aromatic N) is 4. The number of hydrogen-bond acceptors (Lipinski definition) is 5. The van der Waals surface area contributed by atoms with Crippen LogP contribution in [0.25, 0.3) is 101 Å². The minimum Gasteiger partial charge on any atom is -0.455 e. The number of rotatable bonds is 7. The van der Waals surface area contributed by atoms with E-state index in [1.165, 1.54) is 0 Å². The Balaban J connectivity index is 1.29. The Bertz CT molecular complexity index is 3060. The van der Waals surface area contributed by atoms with Gasteiger partial charge in [0.2, 0.25) is 0 Å². The van der Waals surface area contributed by atoms with Crippen molar-refractivity contribution in [2.75, 3.05) is 0 Å². The molecule has 0 spiro atoms. The summed E-state index contributed by atoms with van der Waals surface area (Å²) in [6.45, 7) is 0. The largest absolute Gasteiger partial charge is 0.455 e. The molecule has 0 bridgehead atoms. The molecule has 0 fully saturated rings. The van der Waals surface area contributed by atoms with Gasteiger partial charge >= 0.3 is 0 Å². The number of benzene rings is 8. The molecule has 0 atom stereocenters. The van der Waals surface area contributed by atoms with Crippen LogP contribution >= 0.6 is 0 Å². The number of nitriles is 1. The lowest BCUT2D eigenvalue weighted by atomic mass is 9.91. The van der Waals surface area contributed by atoms with E-state index >= 15 is 0 Å². The second-order valence-corrected chi connectivity index (χ2v) is 13.9. The van der Waals surface area contributed by atoms with Crippen molar-refractivity contribution in [2.24, 2.45) is 0 Å². The van der Waals surface area contributed by atoms with Crippen molar-refractivity contribution >= 4 is 21.9 Å². The first kappa shape index (κ1) is 33.6. The van der Waals surface area contributed by atoms with Crippen molar-refractivity contribution in [1.82, 2.24) is 15.0 Å². The summed E-state index contributed by atoms with van der Waals surface area (Å²) < 4.78 is 7.18. The second-order valence-electron chi connectivity index (χ2n) is 13.9. The first-order valence-corrected chi connectivity index (χ1v) is 18.8. The molecule has 5 heteroatoms. The van der Waals surface area contributed by atoms with Gasteiger partial charge in [0, 0.05) is 27.5 Å². The van der Waals surface area contributed by atoms with E-state index in [4.69, 9.17) is 19.4 Å². The summed E-state index contributed by atoms with van der Waals surface area (Å²) in [5.74, 6) is 1.68. The standard InChI is InChI=1S/C52H32N4O/c53-33-34-15-13-24-39(29-34)40-25-14-26-41(30-40)43-27-28-44(52-55-50(37-20-9-3-10-21-37)54-51(56-52)38-22-11-4-12-23-38)49-47(43)46-32-42(35-16-5-1-6-17-35)31-45(48(46)57-49)36-18-7-2-8-19-36/h1-32H. The molecule has 10 aromatic rings. The Kier molecular flexibility index (Phi) is 8.48. The zero-order valence-electron chi connectivity index (χ0n) is 30.7. The molecular formula is C52H32N4O. The third-order valence-corrected chi connectivity index (χ3v) is 10.4. The Morgan fingerprint density at radius 2 is 0.860 bits per heavy atom. The fraction of sp³-hybridized carbons (Fsp3) is 0. The first-order chi connectivity index (χ1) is 28.2. The Hall–Kier alpha value is -7.94. The topological polar surface area (TPSA) is 75.6 Å². The highest BCUT2D eigenvalue weighted by atomic mass is 16.3. The van der Waals surface area contributed by atoms with Gasteiger partial charge in [-0.25, -0.2) is 15.0 Å². The zero-order chi connectivity index (χ0) is 38.1. The molecule has 0 N–H and O–H groups in total. The molecule has 0 aliphatic rings. The number of hydrogen-bond donors (Lipinski definition) is 0. The van der Waals surface area contributed by atoms with E-state index < -0.39 is 0 Å². The number of fused-ring (bicyclic) bond motifs is 3. The van der Waals surface area contributed by atoms with Gasteiger partial charge in [0.05, 0.1) is 17.2 Å². The fourth-order valence-electron chi connectivity index (χ4n) is 7.59. The van der Waals surface area contributed by atoms with Crippen molar-refractivity contribution in [3.8, 4) is 84.7 Å². The van der Waals surface area contributed by atoms with E-state index in [0.717, 1.165) is 77.6 Å². The molecule has 0 radical (unpaired) electrons. The molecule has 0 aliphatic carbocycles. The fourth-order valence-corrected chi connectivity index (χ4v) is 7.59. The predicted octanol–water partition coefficient (Wildman–Crippen LogP) is 13.3. The highest BCUT2D eigenvalue weighted by molar-refractivity contribution is 6.19. The van der Waals surface area contributed by atoms with Gasteiger partial charge in [-0.15, -0.1) is 0 Å². The lowest BCUT2D eigenvalue weighted by molar-refractivity contribution is 0.670. The monoisotopic (exact) mass is 728 g/mol. The van der Waals surface area contributed by atoms with Crippen molar-refractivity contribution in [2.45, 2.75) is 0 Å². The molecule has 5 nitrogen and oxygen atoms in total. The van der Waals surface area contributed by atoms with Crippen LogP contribution in [0.2, 0.25) is 0 Å². The van der Waals surface area contributed by atoms with E-state index in [-0.39, 0.29) is 0 Å². The van der Waals surface area contributed by atoms with Crippen molar-refractivity contribution in [3.05, 3.63) is 200 Å². The van der Waals surface area contributed by atoms with Gasteiger partial charge in [-0.2, -0.15) is 5.26 Å².